The summed E-state index contributed by atoms with van der Waals surface area (Å²) in [5, 5.41) is 23.8. The number of amides is 1. The number of nitrogens with zero attached hydrogens (tertiary/aromatic N) is 2. The third-order valence-corrected chi connectivity index (χ3v) is 6.56. The highest BCUT2D eigenvalue weighted by molar-refractivity contribution is 6.55. The molecule has 214 valence electrons. The number of phenolic OH excluding ortho intramolecular Hbond substituents is 1. The number of nitrogens with one attached hydrogen (secondary N) is 1. The van der Waals surface area contributed by atoms with Gasteiger partial charge >= 0.3 is 12.3 Å². The van der Waals surface area contributed by atoms with Crippen molar-refractivity contribution < 1.29 is 42.1 Å². The van der Waals surface area contributed by atoms with Crippen LogP contribution in [-0.4, -0.2) is 28.0 Å². The topological polar surface area (TPSA) is 111 Å². The number of hydrogen-bond acceptors (Lipinski definition) is 6. The standard InChI is InChI=1S/C30H21F4N3O5/c1-2-16-9-11-19(12-10-16)37-24-15-18(30(32,33)34)14-22(31)25(24)26(28(37)39)36-35-23-8-4-7-21(27(23)38)17-5-3-6-20(13-17)42-29(40)41/h3-15,35,38H,2H2,1H3,(H,40,41). The summed E-state index contributed by atoms with van der Waals surface area (Å²) in [6, 6.07) is 17.9. The molecule has 0 unspecified atom stereocenters. The Labute approximate surface area is 236 Å². The molecule has 5 rings (SSSR count). The van der Waals surface area contributed by atoms with Gasteiger partial charge in [-0.25, -0.2) is 9.18 Å². The van der Waals surface area contributed by atoms with Gasteiger partial charge in [-0.05, 0) is 60.0 Å². The largest absolute Gasteiger partial charge is 0.511 e. The van der Waals surface area contributed by atoms with Crippen molar-refractivity contribution in [3.63, 3.8) is 0 Å². The number of hydrogen-bond donors (Lipinski definition) is 3. The molecule has 1 heterocycles. The van der Waals surface area contributed by atoms with Crippen LogP contribution in [0.4, 0.5) is 39.4 Å². The lowest BCUT2D eigenvalue weighted by Crippen LogP contribution is -2.26. The van der Waals surface area contributed by atoms with Crippen molar-refractivity contribution in [3.05, 3.63) is 101 Å². The molecule has 3 N–H and O–H groups in total. The van der Waals surface area contributed by atoms with Gasteiger partial charge in [-0.3, -0.25) is 15.1 Å². The van der Waals surface area contributed by atoms with Crippen molar-refractivity contribution >= 4 is 34.8 Å². The quantitative estimate of drug-likeness (QED) is 0.0725. The second-order valence-electron chi connectivity index (χ2n) is 9.18. The molecule has 0 fully saturated rings. The minimum Gasteiger partial charge on any atom is -0.505 e. The first-order valence-corrected chi connectivity index (χ1v) is 12.5. The lowest BCUT2D eigenvalue weighted by Gasteiger charge is -2.18. The number of para-hydroxylation sites is 1. The van der Waals surface area contributed by atoms with E-state index in [4.69, 9.17) is 5.11 Å². The minimum absolute atomic E-state index is 0.00641. The van der Waals surface area contributed by atoms with Crippen LogP contribution in [0.1, 0.15) is 23.6 Å². The molecule has 8 nitrogen and oxygen atoms in total. The van der Waals surface area contributed by atoms with E-state index >= 15 is 4.39 Å². The monoisotopic (exact) mass is 579 g/mol. The van der Waals surface area contributed by atoms with Gasteiger partial charge in [0.2, 0.25) is 0 Å². The number of ether oxygens (including phenoxy) is 1. The van der Waals surface area contributed by atoms with Gasteiger partial charge in [0.05, 0.1) is 22.5 Å². The van der Waals surface area contributed by atoms with E-state index in [9.17, 15) is 27.9 Å². The van der Waals surface area contributed by atoms with Crippen LogP contribution in [0.25, 0.3) is 11.1 Å². The number of rotatable bonds is 6. The average molecular weight is 580 g/mol. The van der Waals surface area contributed by atoms with Crippen molar-refractivity contribution in [2.24, 2.45) is 5.10 Å². The normalized spacial score (nSPS) is 13.8. The van der Waals surface area contributed by atoms with E-state index in [0.29, 0.717) is 24.1 Å². The number of aromatic hydroxyl groups is 1. The molecule has 42 heavy (non-hydrogen) atoms. The van der Waals surface area contributed by atoms with Gasteiger partial charge in [-0.15, -0.1) is 0 Å². The summed E-state index contributed by atoms with van der Waals surface area (Å²) in [4.78, 5) is 25.4. The number of benzene rings is 4. The maximum absolute atomic E-state index is 15.2. The van der Waals surface area contributed by atoms with Crippen molar-refractivity contribution in [1.29, 1.82) is 0 Å². The minimum atomic E-state index is -4.87. The molecule has 1 aliphatic rings. The Morgan fingerprint density at radius 3 is 2.40 bits per heavy atom. The van der Waals surface area contributed by atoms with E-state index in [1.165, 1.54) is 36.4 Å². The van der Waals surface area contributed by atoms with Gasteiger partial charge in [-0.2, -0.15) is 18.3 Å². The molecule has 0 bridgehead atoms. The molecule has 0 atom stereocenters. The van der Waals surface area contributed by atoms with Crippen LogP contribution in [0.5, 0.6) is 11.5 Å². The predicted octanol–water partition coefficient (Wildman–Crippen LogP) is 7.33. The first kappa shape index (κ1) is 28.1. The molecule has 0 saturated carbocycles. The van der Waals surface area contributed by atoms with Gasteiger partial charge in [-0.1, -0.05) is 43.3 Å². The first-order chi connectivity index (χ1) is 20.0. The summed E-state index contributed by atoms with van der Waals surface area (Å²) in [7, 11) is 0. The van der Waals surface area contributed by atoms with E-state index in [2.05, 4.69) is 15.3 Å². The number of aryl methyl sites for hydroxylation is 1. The zero-order valence-corrected chi connectivity index (χ0v) is 21.7. The Bertz CT molecular complexity index is 1740. The second kappa shape index (κ2) is 10.9. The molecule has 0 aromatic heterocycles. The predicted molar refractivity (Wildman–Crippen MR) is 147 cm³/mol. The SMILES string of the molecule is CCc1ccc(N2C(=O)C(=NNc3cccc(-c4cccc(OC(=O)O)c4)c3O)c3c(F)cc(C(F)(F)F)cc32)cc1. The zero-order chi connectivity index (χ0) is 30.2. The maximum atomic E-state index is 15.2. The van der Waals surface area contributed by atoms with Gasteiger partial charge in [0, 0.05) is 11.3 Å². The van der Waals surface area contributed by atoms with Gasteiger partial charge in [0.25, 0.3) is 5.91 Å². The molecule has 4 aromatic carbocycles. The van der Waals surface area contributed by atoms with E-state index < -0.39 is 40.9 Å². The second-order valence-corrected chi connectivity index (χ2v) is 9.18. The Morgan fingerprint density at radius 2 is 1.74 bits per heavy atom. The summed E-state index contributed by atoms with van der Waals surface area (Å²) < 4.78 is 60.6. The molecular weight excluding hydrogens is 558 g/mol. The van der Waals surface area contributed by atoms with E-state index in [1.807, 2.05) is 6.92 Å². The van der Waals surface area contributed by atoms with Crippen LogP contribution in [0, 0.1) is 5.82 Å². The number of carbonyl (C=O) groups excluding carboxylic acids is 1. The van der Waals surface area contributed by atoms with E-state index in [0.717, 1.165) is 10.5 Å². The van der Waals surface area contributed by atoms with Crippen LogP contribution in [0.15, 0.2) is 84.0 Å². The molecule has 1 amide bonds. The Kier molecular flexibility index (Phi) is 7.29. The number of halogens is 4. The highest BCUT2D eigenvalue weighted by atomic mass is 19.4. The molecule has 0 aliphatic carbocycles. The molecule has 0 spiro atoms. The van der Waals surface area contributed by atoms with Crippen molar-refractivity contribution in [2.45, 2.75) is 19.5 Å². The van der Waals surface area contributed by atoms with E-state index in [1.54, 1.807) is 30.3 Å². The van der Waals surface area contributed by atoms with Crippen molar-refractivity contribution in [2.75, 3.05) is 10.3 Å². The van der Waals surface area contributed by atoms with Gasteiger partial charge < -0.3 is 14.9 Å². The Hall–Kier alpha value is -5.39. The summed E-state index contributed by atoms with van der Waals surface area (Å²) in [5.74, 6) is -2.52. The molecule has 4 aromatic rings. The smallest absolute Gasteiger partial charge is 0.505 e. The highest BCUT2D eigenvalue weighted by Gasteiger charge is 2.41. The molecule has 0 radical (unpaired) electrons. The lowest BCUT2D eigenvalue weighted by atomic mass is 10.0. The summed E-state index contributed by atoms with van der Waals surface area (Å²) in [6.07, 6.45) is -5.70. The van der Waals surface area contributed by atoms with Crippen LogP contribution in [0.2, 0.25) is 0 Å². The summed E-state index contributed by atoms with van der Waals surface area (Å²) >= 11 is 0. The van der Waals surface area contributed by atoms with Crippen molar-refractivity contribution in [3.8, 4) is 22.6 Å². The number of carbonyl (C=O) groups is 2. The number of phenols is 1. The fourth-order valence-corrected chi connectivity index (χ4v) is 4.54. The van der Waals surface area contributed by atoms with Gasteiger partial charge in [0.15, 0.2) is 5.71 Å². The van der Waals surface area contributed by atoms with Gasteiger partial charge in [0.1, 0.15) is 17.3 Å². The third-order valence-electron chi connectivity index (χ3n) is 6.56. The summed E-state index contributed by atoms with van der Waals surface area (Å²) in [6.45, 7) is 1.91. The van der Waals surface area contributed by atoms with E-state index in [-0.39, 0.29) is 34.1 Å². The number of fused-ring (bicyclic) bond motifs is 1. The Morgan fingerprint density at radius 1 is 1.02 bits per heavy atom. The zero-order valence-electron chi connectivity index (χ0n) is 21.7. The average Bonchev–Trinajstić information content (AvgIpc) is 3.23. The fraction of sp³-hybridized carbons (Fsp3) is 0.100. The van der Waals surface area contributed by atoms with Crippen LogP contribution in [0.3, 0.4) is 0 Å². The number of carboxylic acid groups (broad SMARTS) is 1. The van der Waals surface area contributed by atoms with Crippen LogP contribution < -0.4 is 15.1 Å². The molecule has 0 saturated heterocycles. The highest BCUT2D eigenvalue weighted by Crippen LogP contribution is 2.42. The van der Waals surface area contributed by atoms with Crippen LogP contribution >= 0.6 is 0 Å². The molecular formula is C30H21F4N3O5. The fourth-order valence-electron chi connectivity index (χ4n) is 4.54. The molecule has 1 aliphatic heterocycles. The Balaban J connectivity index is 1.56. The molecule has 12 heteroatoms. The van der Waals surface area contributed by atoms with Crippen LogP contribution in [-0.2, 0) is 17.4 Å². The number of hydrazone groups is 1. The van der Waals surface area contributed by atoms with Crippen molar-refractivity contribution in [1.82, 2.24) is 0 Å². The first-order valence-electron chi connectivity index (χ1n) is 12.5. The third kappa shape index (κ3) is 5.33. The lowest BCUT2D eigenvalue weighted by molar-refractivity contribution is -0.137. The summed E-state index contributed by atoms with van der Waals surface area (Å²) in [5.41, 5.74) is 1.74. The number of alkyl halides is 3. The maximum Gasteiger partial charge on any atom is 0.511 e. The number of anilines is 3.